The number of anilines is 1. The van der Waals surface area contributed by atoms with Crippen LogP contribution in [0.2, 0.25) is 0 Å². The van der Waals surface area contributed by atoms with Crippen LogP contribution in [-0.4, -0.2) is 30.0 Å². The van der Waals surface area contributed by atoms with Gasteiger partial charge in [0, 0.05) is 22.7 Å². The summed E-state index contributed by atoms with van der Waals surface area (Å²) in [6.45, 7) is 1.06. The second-order valence-electron chi connectivity index (χ2n) is 8.40. The first-order valence-electron chi connectivity index (χ1n) is 10.6. The summed E-state index contributed by atoms with van der Waals surface area (Å²) < 4.78 is 5.33. The molecule has 31 heavy (non-hydrogen) atoms. The maximum atomic E-state index is 13.1. The van der Waals surface area contributed by atoms with Gasteiger partial charge in [0.2, 0.25) is 0 Å². The molecule has 2 aromatic carbocycles. The largest absolute Gasteiger partial charge is 0.455 e. The Morgan fingerprint density at radius 3 is 2.16 bits per heavy atom. The summed E-state index contributed by atoms with van der Waals surface area (Å²) in [7, 11) is 0. The Morgan fingerprint density at radius 1 is 0.871 bits per heavy atom. The lowest BCUT2D eigenvalue weighted by atomic mass is 9.75. The number of ether oxygens (including phenoxy) is 1. The van der Waals surface area contributed by atoms with Gasteiger partial charge in [-0.2, -0.15) is 0 Å². The summed E-state index contributed by atoms with van der Waals surface area (Å²) in [5.74, 6) is -1.53. The monoisotopic (exact) mass is 419 g/mol. The summed E-state index contributed by atoms with van der Waals surface area (Å²) in [5, 5.41) is 2.65. The predicted octanol–water partition coefficient (Wildman–Crippen LogP) is 3.92. The third-order valence-corrected chi connectivity index (χ3v) is 6.47. The molecule has 1 amide bonds. The lowest BCUT2D eigenvalue weighted by Crippen LogP contribution is -2.37. The van der Waals surface area contributed by atoms with Crippen LogP contribution in [0.4, 0.5) is 5.69 Å². The molecule has 0 saturated heterocycles. The maximum absolute atomic E-state index is 13.1. The molecule has 0 aromatic heterocycles. The van der Waals surface area contributed by atoms with Gasteiger partial charge in [-0.25, -0.2) is 0 Å². The number of rotatable bonds is 7. The van der Waals surface area contributed by atoms with E-state index < -0.39 is 24.4 Å². The highest BCUT2D eigenvalue weighted by Crippen LogP contribution is 2.53. The van der Waals surface area contributed by atoms with Crippen LogP contribution in [-0.2, 0) is 14.3 Å². The van der Waals surface area contributed by atoms with Crippen LogP contribution in [0.3, 0.4) is 0 Å². The molecule has 0 spiro atoms. The first-order chi connectivity index (χ1) is 14.9. The first kappa shape index (κ1) is 21.0. The van der Waals surface area contributed by atoms with Crippen LogP contribution in [0.5, 0.6) is 0 Å². The van der Waals surface area contributed by atoms with Gasteiger partial charge in [0.05, 0.1) is 5.92 Å². The Balaban J connectivity index is 1.37. The SMILES string of the molecule is CC(=O)c1ccc(NC(=O)COC(=O)[C@@H]2[C@H]3CC[C@@H](C3)[C@@H]2C(=O)c2ccccc2)cc1. The van der Waals surface area contributed by atoms with Crippen molar-refractivity contribution >= 4 is 29.1 Å². The van der Waals surface area contributed by atoms with Crippen molar-refractivity contribution in [2.45, 2.75) is 26.2 Å². The van der Waals surface area contributed by atoms with Crippen LogP contribution in [0.25, 0.3) is 0 Å². The molecular weight excluding hydrogens is 394 g/mol. The standard InChI is InChI=1S/C25H25NO5/c1-15(27)16-9-11-20(12-10-16)26-21(28)14-31-25(30)23-19-8-7-18(13-19)22(23)24(29)17-5-3-2-4-6-17/h2-6,9-12,18-19,22-23H,7-8,13-14H2,1H3,(H,26,28)/t18-,19-,22-,23+/m0/s1. The van der Waals surface area contributed by atoms with Gasteiger partial charge in [0.1, 0.15) is 0 Å². The Morgan fingerprint density at radius 2 is 1.52 bits per heavy atom. The summed E-state index contributed by atoms with van der Waals surface area (Å²) in [4.78, 5) is 49.5. The van der Waals surface area contributed by atoms with Crippen LogP contribution >= 0.6 is 0 Å². The quantitative estimate of drug-likeness (QED) is 0.543. The minimum atomic E-state index is -0.492. The van der Waals surface area contributed by atoms with Crippen molar-refractivity contribution in [2.75, 3.05) is 11.9 Å². The number of hydrogen-bond donors (Lipinski definition) is 1. The molecule has 0 heterocycles. The molecule has 6 nitrogen and oxygen atoms in total. The van der Waals surface area contributed by atoms with Crippen molar-refractivity contribution in [1.82, 2.24) is 0 Å². The van der Waals surface area contributed by atoms with E-state index in [1.54, 1.807) is 36.4 Å². The number of nitrogens with one attached hydrogen (secondary N) is 1. The lowest BCUT2D eigenvalue weighted by molar-refractivity contribution is -0.154. The second kappa shape index (κ2) is 8.84. The number of carbonyl (C=O) groups excluding carboxylic acids is 4. The van der Waals surface area contributed by atoms with E-state index >= 15 is 0 Å². The van der Waals surface area contributed by atoms with E-state index in [4.69, 9.17) is 4.74 Å². The van der Waals surface area contributed by atoms with E-state index in [1.807, 2.05) is 18.2 Å². The molecule has 6 heteroatoms. The fourth-order valence-electron chi connectivity index (χ4n) is 5.02. The average Bonchev–Trinajstić information content (AvgIpc) is 3.40. The zero-order valence-electron chi connectivity index (χ0n) is 17.4. The number of amides is 1. The van der Waals surface area contributed by atoms with Crippen molar-refractivity contribution < 1.29 is 23.9 Å². The smallest absolute Gasteiger partial charge is 0.310 e. The van der Waals surface area contributed by atoms with Crippen LogP contribution in [0, 0.1) is 23.7 Å². The van der Waals surface area contributed by atoms with Crippen molar-refractivity contribution in [2.24, 2.45) is 23.7 Å². The molecule has 2 fully saturated rings. The molecule has 0 radical (unpaired) electrons. The molecule has 2 aliphatic carbocycles. The number of carbonyl (C=O) groups is 4. The molecule has 2 aromatic rings. The van der Waals surface area contributed by atoms with E-state index in [-0.39, 0.29) is 29.3 Å². The normalized spacial score (nSPS) is 23.9. The van der Waals surface area contributed by atoms with Gasteiger partial charge in [0.25, 0.3) is 5.91 Å². The molecule has 4 rings (SSSR count). The van der Waals surface area contributed by atoms with E-state index in [1.165, 1.54) is 6.92 Å². The zero-order chi connectivity index (χ0) is 22.0. The highest BCUT2D eigenvalue weighted by Gasteiger charge is 2.54. The molecule has 2 saturated carbocycles. The summed E-state index contributed by atoms with van der Waals surface area (Å²) in [6.07, 6.45) is 2.73. The number of hydrogen-bond acceptors (Lipinski definition) is 5. The Labute approximate surface area is 181 Å². The van der Waals surface area contributed by atoms with E-state index in [0.717, 1.165) is 19.3 Å². The topological polar surface area (TPSA) is 89.5 Å². The lowest BCUT2D eigenvalue weighted by Gasteiger charge is -2.28. The van der Waals surface area contributed by atoms with Crippen LogP contribution in [0.15, 0.2) is 54.6 Å². The van der Waals surface area contributed by atoms with Crippen LogP contribution in [0.1, 0.15) is 46.9 Å². The summed E-state index contributed by atoms with van der Waals surface area (Å²) >= 11 is 0. The fraction of sp³-hybridized carbons (Fsp3) is 0.360. The molecule has 2 bridgehead atoms. The second-order valence-corrected chi connectivity index (χ2v) is 8.40. The average molecular weight is 419 g/mol. The number of esters is 1. The number of ketones is 2. The summed E-state index contributed by atoms with van der Waals surface area (Å²) in [5.41, 5.74) is 1.68. The number of fused-ring (bicyclic) bond motifs is 2. The minimum absolute atomic E-state index is 0.00948. The summed E-state index contributed by atoms with van der Waals surface area (Å²) in [6, 6.07) is 15.6. The highest BCUT2D eigenvalue weighted by atomic mass is 16.5. The van der Waals surface area contributed by atoms with Crippen molar-refractivity contribution in [3.05, 3.63) is 65.7 Å². The molecular formula is C25H25NO5. The molecule has 4 atom stereocenters. The zero-order valence-corrected chi connectivity index (χ0v) is 17.4. The molecule has 0 aliphatic heterocycles. The van der Waals surface area contributed by atoms with Crippen LogP contribution < -0.4 is 5.32 Å². The Bertz CT molecular complexity index is 998. The number of Topliss-reactive ketones (excluding diaryl/α,β-unsaturated/α-hetero) is 2. The molecule has 2 aliphatic rings. The van der Waals surface area contributed by atoms with Gasteiger partial charge in [-0.3, -0.25) is 19.2 Å². The van der Waals surface area contributed by atoms with Crippen molar-refractivity contribution in [3.63, 3.8) is 0 Å². The van der Waals surface area contributed by atoms with Crippen molar-refractivity contribution in [3.8, 4) is 0 Å². The predicted molar refractivity (Wildman–Crippen MR) is 115 cm³/mol. The van der Waals surface area contributed by atoms with Gasteiger partial charge >= 0.3 is 5.97 Å². The maximum Gasteiger partial charge on any atom is 0.310 e. The first-order valence-corrected chi connectivity index (χ1v) is 10.6. The Kier molecular flexibility index (Phi) is 5.98. The van der Waals surface area contributed by atoms with Gasteiger partial charge in [-0.05, 0) is 62.3 Å². The van der Waals surface area contributed by atoms with E-state index in [0.29, 0.717) is 16.8 Å². The van der Waals surface area contributed by atoms with E-state index in [9.17, 15) is 19.2 Å². The van der Waals surface area contributed by atoms with Gasteiger partial charge in [-0.15, -0.1) is 0 Å². The Hall–Kier alpha value is -3.28. The molecule has 160 valence electrons. The number of benzene rings is 2. The fourth-order valence-corrected chi connectivity index (χ4v) is 5.02. The highest BCUT2D eigenvalue weighted by molar-refractivity contribution is 6.01. The van der Waals surface area contributed by atoms with E-state index in [2.05, 4.69) is 5.32 Å². The third kappa shape index (κ3) is 4.43. The molecule has 1 N–H and O–H groups in total. The van der Waals surface area contributed by atoms with Crippen molar-refractivity contribution in [1.29, 1.82) is 0 Å². The van der Waals surface area contributed by atoms with Gasteiger partial charge < -0.3 is 10.1 Å². The van der Waals surface area contributed by atoms with Gasteiger partial charge in [-0.1, -0.05) is 30.3 Å². The van der Waals surface area contributed by atoms with Gasteiger partial charge in [0.15, 0.2) is 18.2 Å². The third-order valence-electron chi connectivity index (χ3n) is 6.47. The minimum Gasteiger partial charge on any atom is -0.455 e. The molecule has 0 unspecified atom stereocenters.